The molecule has 1 fully saturated rings. The molecule has 1 saturated heterocycles. The van der Waals surface area contributed by atoms with Crippen molar-refractivity contribution in [2.24, 2.45) is 5.92 Å². The number of nitrogens with zero attached hydrogens (tertiary/aromatic N) is 4. The van der Waals surface area contributed by atoms with Crippen molar-refractivity contribution in [3.63, 3.8) is 0 Å². The highest BCUT2D eigenvalue weighted by Crippen LogP contribution is 2.38. The molecule has 12 heteroatoms. The van der Waals surface area contributed by atoms with Gasteiger partial charge in [0.2, 0.25) is 5.91 Å². The normalized spacial score (nSPS) is 18.1. The van der Waals surface area contributed by atoms with E-state index >= 15 is 0 Å². The van der Waals surface area contributed by atoms with Crippen molar-refractivity contribution in [3.05, 3.63) is 41.7 Å². The number of hydrogen-bond acceptors (Lipinski definition) is 4. The summed E-state index contributed by atoms with van der Waals surface area (Å²) < 4.78 is 79.0. The summed E-state index contributed by atoms with van der Waals surface area (Å²) >= 11 is 0. The van der Waals surface area contributed by atoms with Gasteiger partial charge in [0.25, 0.3) is 0 Å². The maximum Gasteiger partial charge on any atom is 0.416 e. The lowest BCUT2D eigenvalue weighted by molar-refractivity contribution is -0.143. The van der Waals surface area contributed by atoms with Gasteiger partial charge in [0.1, 0.15) is 6.33 Å². The first-order valence-corrected chi connectivity index (χ1v) is 9.27. The average molecular weight is 447 g/mol. The molecule has 0 aliphatic carbocycles. The van der Waals surface area contributed by atoms with E-state index in [1.165, 1.54) is 6.20 Å². The zero-order valence-corrected chi connectivity index (χ0v) is 16.3. The fourth-order valence-electron chi connectivity index (χ4n) is 3.20. The van der Waals surface area contributed by atoms with Gasteiger partial charge in [-0.25, -0.2) is 9.67 Å². The van der Waals surface area contributed by atoms with E-state index in [4.69, 9.17) is 0 Å². The summed E-state index contributed by atoms with van der Waals surface area (Å²) in [5, 5.41) is 6.58. The van der Waals surface area contributed by atoms with Crippen molar-refractivity contribution in [1.29, 1.82) is 0 Å². The molecule has 1 amide bonds. The van der Waals surface area contributed by atoms with Crippen LogP contribution < -0.4 is 5.32 Å². The third kappa shape index (κ3) is 6.06. The molecular weight excluding hydrogens is 428 g/mol. The highest BCUT2D eigenvalue weighted by molar-refractivity contribution is 5.90. The van der Waals surface area contributed by atoms with Crippen LogP contribution in [0, 0.1) is 5.92 Å². The number of carbonyl (C=O) groups is 1. The monoisotopic (exact) mass is 447 g/mol. The van der Waals surface area contributed by atoms with Crippen LogP contribution in [0.4, 0.5) is 26.3 Å². The first-order chi connectivity index (χ1) is 14.4. The summed E-state index contributed by atoms with van der Waals surface area (Å²) in [4.78, 5) is 17.8. The van der Waals surface area contributed by atoms with Crippen molar-refractivity contribution in [1.82, 2.24) is 25.0 Å². The number of aromatic nitrogens is 3. The molecule has 1 aromatic carbocycles. The summed E-state index contributed by atoms with van der Waals surface area (Å²) in [6, 6.07) is 1.13. The topological polar surface area (TPSA) is 63.1 Å². The molecule has 0 spiro atoms. The molecule has 1 aliphatic rings. The molecular formula is C19H19F6N5O. The Bertz CT molecular complexity index is 933. The standard InChI is InChI=1S/C19H19F6N5O/c1-29-4-2-12(10-29)9-26-16(31)3-5-30-11-27-17(28-30)13-6-14(18(20,21)22)8-15(7-13)19(23,24)25/h3,5-8,11-12H,2,4,9-10H2,1H3,(H,26,31)/b5-3-. The van der Waals surface area contributed by atoms with Crippen molar-refractivity contribution in [3.8, 4) is 11.4 Å². The van der Waals surface area contributed by atoms with E-state index in [-0.39, 0.29) is 11.9 Å². The Labute approximate surface area is 173 Å². The van der Waals surface area contributed by atoms with E-state index in [1.807, 2.05) is 7.05 Å². The van der Waals surface area contributed by atoms with E-state index in [0.29, 0.717) is 24.6 Å². The van der Waals surface area contributed by atoms with Gasteiger partial charge in [-0.2, -0.15) is 26.3 Å². The largest absolute Gasteiger partial charge is 0.416 e. The summed E-state index contributed by atoms with van der Waals surface area (Å²) in [6.07, 6.45) is -5.51. The Morgan fingerprint density at radius 2 is 1.81 bits per heavy atom. The van der Waals surface area contributed by atoms with Crippen LogP contribution in [0.3, 0.4) is 0 Å². The quantitative estimate of drug-likeness (QED) is 0.563. The van der Waals surface area contributed by atoms with Crippen LogP contribution in [0.2, 0.25) is 0 Å². The lowest BCUT2D eigenvalue weighted by Gasteiger charge is -2.13. The predicted octanol–water partition coefficient (Wildman–Crippen LogP) is 3.52. The minimum atomic E-state index is -4.97. The molecule has 168 valence electrons. The fourth-order valence-corrected chi connectivity index (χ4v) is 3.20. The van der Waals surface area contributed by atoms with Crippen LogP contribution in [-0.2, 0) is 17.1 Å². The van der Waals surface area contributed by atoms with Crippen LogP contribution in [-0.4, -0.2) is 52.3 Å². The van der Waals surface area contributed by atoms with Crippen LogP contribution in [0.1, 0.15) is 17.5 Å². The fraction of sp³-hybridized carbons (Fsp3) is 0.421. The number of carbonyl (C=O) groups excluding carboxylic acids is 1. The summed E-state index contributed by atoms with van der Waals surface area (Å²) in [6.45, 7) is 2.34. The van der Waals surface area contributed by atoms with Crippen LogP contribution in [0.25, 0.3) is 17.6 Å². The Hall–Kier alpha value is -2.89. The molecule has 1 aliphatic heterocycles. The molecule has 0 radical (unpaired) electrons. The van der Waals surface area contributed by atoms with Gasteiger partial charge in [0.15, 0.2) is 5.82 Å². The van der Waals surface area contributed by atoms with Gasteiger partial charge in [-0.05, 0) is 44.1 Å². The Morgan fingerprint density at radius 3 is 2.35 bits per heavy atom. The SMILES string of the molecule is CN1CCC(CNC(=O)/C=C\n2cnc(-c3cc(C(F)(F)F)cc(C(F)(F)F)c3)n2)C1. The van der Waals surface area contributed by atoms with Gasteiger partial charge in [-0.1, -0.05) is 0 Å². The number of hydrogen-bond donors (Lipinski definition) is 1. The molecule has 31 heavy (non-hydrogen) atoms. The van der Waals surface area contributed by atoms with E-state index < -0.39 is 35.0 Å². The third-order valence-electron chi connectivity index (χ3n) is 4.79. The van der Waals surface area contributed by atoms with Gasteiger partial charge in [-0.15, -0.1) is 5.10 Å². The molecule has 0 saturated carbocycles. The number of alkyl halides is 6. The smallest absolute Gasteiger partial charge is 0.352 e. The summed E-state index contributed by atoms with van der Waals surface area (Å²) in [7, 11) is 1.99. The first kappa shape index (κ1) is 22.8. The molecule has 1 atom stereocenters. The number of nitrogens with one attached hydrogen (secondary N) is 1. The number of benzene rings is 1. The molecule has 1 unspecified atom stereocenters. The lowest BCUT2D eigenvalue weighted by atomic mass is 10.0. The van der Waals surface area contributed by atoms with E-state index in [0.717, 1.165) is 36.6 Å². The lowest BCUT2D eigenvalue weighted by Crippen LogP contribution is -2.29. The maximum atomic E-state index is 13.0. The average Bonchev–Trinajstić information content (AvgIpc) is 3.32. The summed E-state index contributed by atoms with van der Waals surface area (Å²) in [5.74, 6) is -0.384. The van der Waals surface area contributed by atoms with Gasteiger partial charge >= 0.3 is 12.4 Å². The summed E-state index contributed by atoms with van der Waals surface area (Å²) in [5.41, 5.74) is -3.36. The third-order valence-corrected chi connectivity index (χ3v) is 4.79. The highest BCUT2D eigenvalue weighted by Gasteiger charge is 2.37. The minimum Gasteiger partial charge on any atom is -0.352 e. The van der Waals surface area contributed by atoms with Gasteiger partial charge in [0, 0.05) is 30.9 Å². The van der Waals surface area contributed by atoms with E-state index in [9.17, 15) is 31.1 Å². The molecule has 1 N–H and O–H groups in total. The van der Waals surface area contributed by atoms with Crippen LogP contribution in [0.5, 0.6) is 0 Å². The second-order valence-electron chi connectivity index (χ2n) is 7.32. The van der Waals surface area contributed by atoms with Gasteiger partial charge in [-0.3, -0.25) is 4.79 Å². The molecule has 6 nitrogen and oxygen atoms in total. The second kappa shape index (κ2) is 8.69. The van der Waals surface area contributed by atoms with Gasteiger partial charge < -0.3 is 10.2 Å². The highest BCUT2D eigenvalue weighted by atomic mass is 19.4. The Morgan fingerprint density at radius 1 is 1.16 bits per heavy atom. The molecule has 3 rings (SSSR count). The van der Waals surface area contributed by atoms with Crippen molar-refractivity contribution < 1.29 is 31.1 Å². The molecule has 1 aromatic heterocycles. The van der Waals surface area contributed by atoms with E-state index in [2.05, 4.69) is 20.3 Å². The Kier molecular flexibility index (Phi) is 6.39. The van der Waals surface area contributed by atoms with Crippen molar-refractivity contribution in [2.75, 3.05) is 26.7 Å². The van der Waals surface area contributed by atoms with Crippen LogP contribution >= 0.6 is 0 Å². The molecule has 2 heterocycles. The number of amides is 1. The second-order valence-corrected chi connectivity index (χ2v) is 7.32. The number of likely N-dealkylation sites (tertiary alicyclic amines) is 1. The minimum absolute atomic E-state index is 0.0346. The number of halogens is 6. The molecule has 2 aromatic rings. The Balaban J connectivity index is 1.72. The van der Waals surface area contributed by atoms with Crippen molar-refractivity contribution in [2.45, 2.75) is 18.8 Å². The first-order valence-electron chi connectivity index (χ1n) is 9.27. The van der Waals surface area contributed by atoms with Crippen molar-refractivity contribution >= 4 is 12.1 Å². The zero-order chi connectivity index (χ0) is 22.8. The number of rotatable bonds is 5. The zero-order valence-electron chi connectivity index (χ0n) is 16.3. The van der Waals surface area contributed by atoms with Gasteiger partial charge in [0.05, 0.1) is 11.1 Å². The van der Waals surface area contributed by atoms with Crippen LogP contribution in [0.15, 0.2) is 30.6 Å². The molecule has 0 bridgehead atoms. The maximum absolute atomic E-state index is 13.0. The predicted molar refractivity (Wildman–Crippen MR) is 99.4 cm³/mol. The van der Waals surface area contributed by atoms with E-state index in [1.54, 1.807) is 0 Å².